The molecule has 0 bridgehead atoms. The fraction of sp³-hybridized carbons (Fsp3) is 0.158. The van der Waals surface area contributed by atoms with E-state index in [0.29, 0.717) is 11.6 Å². The Balaban J connectivity index is 1.88. The Morgan fingerprint density at radius 1 is 0.800 bits per heavy atom. The lowest BCUT2D eigenvalue weighted by Crippen LogP contribution is -2.04. The van der Waals surface area contributed by atoms with Crippen molar-refractivity contribution in [1.29, 1.82) is 0 Å². The molecular weight excluding hydrogens is 316 g/mol. The number of rotatable bonds is 6. The number of hydrogen-bond donors (Lipinski definition) is 4. The Bertz CT molecular complexity index is 802. The molecule has 0 unspecified atom stereocenters. The maximum Gasteiger partial charge on any atom is 0.136 e. The van der Waals surface area contributed by atoms with Crippen LogP contribution >= 0.6 is 0 Å². The van der Waals surface area contributed by atoms with E-state index in [0.717, 1.165) is 30.0 Å². The molecule has 0 saturated heterocycles. The molecule has 25 heavy (non-hydrogen) atoms. The van der Waals surface area contributed by atoms with Crippen LogP contribution in [0.15, 0.2) is 54.6 Å². The number of phenols is 2. The number of phenolic OH excluding ortho intramolecular Hbond substituents is 2. The average Bonchev–Trinajstić information content (AvgIpc) is 2.55. The molecule has 0 saturated carbocycles. The third-order valence-electron chi connectivity index (χ3n) is 3.48. The second kappa shape index (κ2) is 7.53. The first-order chi connectivity index (χ1) is 12.1. The van der Waals surface area contributed by atoms with Gasteiger partial charge in [-0.25, -0.2) is 9.97 Å². The van der Waals surface area contributed by atoms with Crippen molar-refractivity contribution in [2.24, 2.45) is 0 Å². The van der Waals surface area contributed by atoms with E-state index in [1.54, 1.807) is 42.5 Å². The molecular formula is C19H20N4O2. The Kier molecular flexibility index (Phi) is 4.99. The Labute approximate surface area is 146 Å². The molecule has 0 fully saturated rings. The van der Waals surface area contributed by atoms with Gasteiger partial charge in [0.1, 0.15) is 29.0 Å². The van der Waals surface area contributed by atoms with Gasteiger partial charge in [0.15, 0.2) is 0 Å². The Morgan fingerprint density at radius 2 is 1.32 bits per heavy atom. The van der Waals surface area contributed by atoms with Gasteiger partial charge in [-0.15, -0.1) is 0 Å². The number of nitrogens with one attached hydrogen (secondary N) is 2. The zero-order valence-corrected chi connectivity index (χ0v) is 13.9. The van der Waals surface area contributed by atoms with E-state index in [9.17, 15) is 10.2 Å². The standard InChI is InChI=1S/C19H20N4O2/c1-2-5-17-22-18(20-13-6-3-8-15(24)10-13)12-19(23-17)21-14-7-4-9-16(25)11-14/h3-4,6-12,24-25H,2,5H2,1H3,(H2,20,21,22,23). The van der Waals surface area contributed by atoms with Gasteiger partial charge in [0.05, 0.1) is 0 Å². The SMILES string of the molecule is CCCc1nc(Nc2cccc(O)c2)cc(Nc2cccc(O)c2)n1. The van der Waals surface area contributed by atoms with Crippen LogP contribution in [-0.4, -0.2) is 20.2 Å². The molecule has 4 N–H and O–H groups in total. The first kappa shape index (κ1) is 16.6. The van der Waals surface area contributed by atoms with E-state index in [1.165, 1.54) is 0 Å². The molecule has 3 aromatic rings. The highest BCUT2D eigenvalue weighted by molar-refractivity contribution is 5.64. The molecule has 1 heterocycles. The van der Waals surface area contributed by atoms with Crippen LogP contribution in [0.3, 0.4) is 0 Å². The van der Waals surface area contributed by atoms with Crippen LogP contribution in [0.1, 0.15) is 19.2 Å². The van der Waals surface area contributed by atoms with Crippen molar-refractivity contribution in [2.45, 2.75) is 19.8 Å². The molecule has 3 rings (SSSR count). The van der Waals surface area contributed by atoms with Crippen molar-refractivity contribution >= 4 is 23.0 Å². The molecule has 0 atom stereocenters. The number of aromatic hydroxyl groups is 2. The highest BCUT2D eigenvalue weighted by Crippen LogP contribution is 2.24. The lowest BCUT2D eigenvalue weighted by molar-refractivity contribution is 0.475. The predicted octanol–water partition coefficient (Wildman–Crippen LogP) is 4.33. The van der Waals surface area contributed by atoms with E-state index >= 15 is 0 Å². The van der Waals surface area contributed by atoms with Gasteiger partial charge in [0, 0.05) is 36.0 Å². The third-order valence-corrected chi connectivity index (χ3v) is 3.48. The largest absolute Gasteiger partial charge is 0.508 e. The summed E-state index contributed by atoms with van der Waals surface area (Å²) in [4.78, 5) is 9.03. The number of anilines is 4. The van der Waals surface area contributed by atoms with Crippen molar-refractivity contribution in [2.75, 3.05) is 10.6 Å². The minimum atomic E-state index is 0.186. The van der Waals surface area contributed by atoms with Crippen molar-refractivity contribution in [3.8, 4) is 11.5 Å². The van der Waals surface area contributed by atoms with Crippen LogP contribution in [0.25, 0.3) is 0 Å². The summed E-state index contributed by atoms with van der Waals surface area (Å²) in [7, 11) is 0. The van der Waals surface area contributed by atoms with Crippen molar-refractivity contribution < 1.29 is 10.2 Å². The molecule has 6 nitrogen and oxygen atoms in total. The maximum absolute atomic E-state index is 9.60. The number of nitrogens with zero attached hydrogens (tertiary/aromatic N) is 2. The summed E-state index contributed by atoms with van der Waals surface area (Å²) >= 11 is 0. The molecule has 2 aromatic carbocycles. The van der Waals surface area contributed by atoms with Crippen LogP contribution < -0.4 is 10.6 Å². The molecule has 0 aliphatic heterocycles. The number of benzene rings is 2. The van der Waals surface area contributed by atoms with Crippen molar-refractivity contribution in [1.82, 2.24) is 9.97 Å². The normalized spacial score (nSPS) is 10.4. The quantitative estimate of drug-likeness (QED) is 0.536. The lowest BCUT2D eigenvalue weighted by atomic mass is 10.3. The summed E-state index contributed by atoms with van der Waals surface area (Å²) in [5.74, 6) is 2.35. The average molecular weight is 336 g/mol. The fourth-order valence-corrected chi connectivity index (χ4v) is 2.42. The summed E-state index contributed by atoms with van der Waals surface area (Å²) < 4.78 is 0. The molecule has 0 spiro atoms. The zero-order chi connectivity index (χ0) is 17.6. The first-order valence-corrected chi connectivity index (χ1v) is 8.12. The summed E-state index contributed by atoms with van der Waals surface area (Å²) in [6, 6.07) is 15.5. The van der Waals surface area contributed by atoms with Gasteiger partial charge < -0.3 is 20.8 Å². The van der Waals surface area contributed by atoms with Gasteiger partial charge in [-0.3, -0.25) is 0 Å². The second-order valence-electron chi connectivity index (χ2n) is 5.66. The summed E-state index contributed by atoms with van der Waals surface area (Å²) in [5.41, 5.74) is 1.48. The predicted molar refractivity (Wildman–Crippen MR) is 98.8 cm³/mol. The fourth-order valence-electron chi connectivity index (χ4n) is 2.42. The highest BCUT2D eigenvalue weighted by atomic mass is 16.3. The summed E-state index contributed by atoms with van der Waals surface area (Å²) in [6.07, 6.45) is 1.69. The lowest BCUT2D eigenvalue weighted by Gasteiger charge is -2.12. The van der Waals surface area contributed by atoms with Crippen molar-refractivity contribution in [3.63, 3.8) is 0 Å². The van der Waals surface area contributed by atoms with Gasteiger partial charge >= 0.3 is 0 Å². The zero-order valence-electron chi connectivity index (χ0n) is 13.9. The second-order valence-corrected chi connectivity index (χ2v) is 5.66. The molecule has 1 aromatic heterocycles. The minimum absolute atomic E-state index is 0.186. The minimum Gasteiger partial charge on any atom is -0.508 e. The molecule has 128 valence electrons. The topological polar surface area (TPSA) is 90.3 Å². The van der Waals surface area contributed by atoms with Gasteiger partial charge in [-0.1, -0.05) is 19.1 Å². The van der Waals surface area contributed by atoms with E-state index in [1.807, 2.05) is 12.1 Å². The van der Waals surface area contributed by atoms with Crippen molar-refractivity contribution in [3.05, 3.63) is 60.4 Å². The summed E-state index contributed by atoms with van der Waals surface area (Å²) in [5, 5.41) is 25.6. The van der Waals surface area contributed by atoms with Crippen LogP contribution in [0.5, 0.6) is 11.5 Å². The number of aromatic nitrogens is 2. The Hall–Kier alpha value is -3.28. The Morgan fingerprint density at radius 3 is 1.76 bits per heavy atom. The molecule has 6 heteroatoms. The smallest absolute Gasteiger partial charge is 0.136 e. The monoisotopic (exact) mass is 336 g/mol. The van der Waals surface area contributed by atoms with E-state index in [-0.39, 0.29) is 11.5 Å². The summed E-state index contributed by atoms with van der Waals surface area (Å²) in [6.45, 7) is 2.07. The van der Waals surface area contributed by atoms with Gasteiger partial charge in [-0.05, 0) is 30.7 Å². The molecule has 0 aliphatic carbocycles. The number of hydrogen-bond acceptors (Lipinski definition) is 6. The van der Waals surface area contributed by atoms with E-state index < -0.39 is 0 Å². The first-order valence-electron chi connectivity index (χ1n) is 8.12. The molecule has 0 aliphatic rings. The van der Waals surface area contributed by atoms with Gasteiger partial charge in [0.25, 0.3) is 0 Å². The maximum atomic E-state index is 9.60. The third kappa shape index (κ3) is 4.60. The van der Waals surface area contributed by atoms with E-state index in [4.69, 9.17) is 0 Å². The molecule has 0 amide bonds. The van der Waals surface area contributed by atoms with Crippen LogP contribution in [0.4, 0.5) is 23.0 Å². The van der Waals surface area contributed by atoms with Gasteiger partial charge in [0.2, 0.25) is 0 Å². The van der Waals surface area contributed by atoms with Crippen LogP contribution in [-0.2, 0) is 6.42 Å². The number of aryl methyl sites for hydroxylation is 1. The van der Waals surface area contributed by atoms with Crippen LogP contribution in [0, 0.1) is 0 Å². The molecule has 0 radical (unpaired) electrons. The van der Waals surface area contributed by atoms with Crippen LogP contribution in [0.2, 0.25) is 0 Å². The van der Waals surface area contributed by atoms with Gasteiger partial charge in [-0.2, -0.15) is 0 Å². The highest BCUT2D eigenvalue weighted by Gasteiger charge is 2.06. The van der Waals surface area contributed by atoms with E-state index in [2.05, 4.69) is 27.5 Å².